The molecule has 0 saturated carbocycles. The van der Waals surface area contributed by atoms with E-state index in [0.717, 1.165) is 0 Å². The zero-order chi connectivity index (χ0) is 48.7. The summed E-state index contributed by atoms with van der Waals surface area (Å²) in [7, 11) is -3.03. The molecule has 0 radical (unpaired) electrons. The van der Waals surface area contributed by atoms with Crippen LogP contribution in [0.1, 0.15) is 41.7 Å². The molecule has 0 atom stereocenters. The number of aromatic nitrogens is 4. The highest BCUT2D eigenvalue weighted by atomic mass is 32.2. The molecule has 0 aliphatic heterocycles. The van der Waals surface area contributed by atoms with Crippen molar-refractivity contribution in [1.82, 2.24) is 19.9 Å². The molecule has 0 aliphatic rings. The van der Waals surface area contributed by atoms with Gasteiger partial charge in [-0.1, -0.05) is 86.6 Å². The van der Waals surface area contributed by atoms with Gasteiger partial charge in [-0.3, -0.25) is 14.3 Å². The topological polar surface area (TPSA) is 283 Å². The Morgan fingerprint density at radius 2 is 1.22 bits per heavy atom. The highest BCUT2D eigenvalue weighted by Crippen LogP contribution is 2.41. The normalized spacial score (nSPS) is 11.2. The van der Waals surface area contributed by atoms with Gasteiger partial charge in [0, 0.05) is 17.8 Å². The van der Waals surface area contributed by atoms with Crippen LogP contribution in [0.15, 0.2) is 120 Å². The van der Waals surface area contributed by atoms with Crippen molar-refractivity contribution >= 4 is 27.8 Å². The Bertz CT molecular complexity index is 2820. The lowest BCUT2D eigenvalue weighted by molar-refractivity contribution is -0.763. The number of sulfonamides is 1. The largest absolute Gasteiger partial charge is 0.493 e. The van der Waals surface area contributed by atoms with Gasteiger partial charge in [0.1, 0.15) is 33.0 Å². The van der Waals surface area contributed by atoms with Crippen LogP contribution in [0.25, 0.3) is 11.6 Å². The summed E-state index contributed by atoms with van der Waals surface area (Å²) in [4.78, 5) is 72.4. The molecule has 0 bridgehead atoms. The molecule has 6 rings (SSSR count). The molecule has 0 aliphatic carbocycles. The maximum absolute atomic E-state index is 14.2. The first-order valence-corrected chi connectivity index (χ1v) is 21.8. The lowest BCUT2D eigenvalue weighted by Crippen LogP contribution is -2.27. The van der Waals surface area contributed by atoms with E-state index in [1.165, 1.54) is 31.6 Å². The number of benzene rings is 4. The summed E-state index contributed by atoms with van der Waals surface area (Å²) in [6.45, 7) is 2.59. The molecule has 4 aromatic carbocycles. The number of rotatable bonds is 24. The van der Waals surface area contributed by atoms with Gasteiger partial charge < -0.3 is 33.4 Å². The number of nitrogens with zero attached hydrogens (tertiary/aromatic N) is 6. The first-order valence-electron chi connectivity index (χ1n) is 20.4. The SMILES string of the molecule is COc1ccccc1Oc1c(NS(=O)(=O)c2ccc(C(C)(C)COC(=O)Cc3ccc(CO[N+](=O)[O-])cc3)cc2)nc(-c2ncccn2)nc1OCCOC(=O)Cc1ccc(CO[N+](=O)[O-])cc1. The Morgan fingerprint density at radius 3 is 1.78 bits per heavy atom. The first-order chi connectivity index (χ1) is 32.6. The molecular weight excluding hydrogens is 911 g/mol. The van der Waals surface area contributed by atoms with Crippen molar-refractivity contribution in [2.75, 3.05) is 31.7 Å². The average Bonchev–Trinajstić information content (AvgIpc) is 3.33. The predicted molar refractivity (Wildman–Crippen MR) is 238 cm³/mol. The number of methoxy groups -OCH3 is 1. The molecule has 6 aromatic rings. The molecule has 2 aromatic heterocycles. The fourth-order valence-corrected chi connectivity index (χ4v) is 7.13. The Hall–Kier alpha value is -8.47. The summed E-state index contributed by atoms with van der Waals surface area (Å²) in [6.07, 6.45) is 2.70. The fraction of sp³-hybridized carbons (Fsp3) is 0.244. The number of hydrogen-bond acceptors (Lipinski definition) is 19. The van der Waals surface area contributed by atoms with Crippen LogP contribution in [0.2, 0.25) is 0 Å². The Morgan fingerprint density at radius 1 is 0.676 bits per heavy atom. The Labute approximate surface area is 388 Å². The summed E-state index contributed by atoms with van der Waals surface area (Å²) < 4.78 is 59.5. The molecule has 68 heavy (non-hydrogen) atoms. The molecule has 2 heterocycles. The van der Waals surface area contributed by atoms with Crippen molar-refractivity contribution in [3.05, 3.63) is 164 Å². The fourth-order valence-electron chi connectivity index (χ4n) is 6.12. The van der Waals surface area contributed by atoms with E-state index in [4.69, 9.17) is 23.7 Å². The molecule has 0 spiro atoms. The van der Waals surface area contributed by atoms with Gasteiger partial charge in [0.15, 0.2) is 23.1 Å². The van der Waals surface area contributed by atoms with E-state index in [-0.39, 0.29) is 91.4 Å². The second kappa shape index (κ2) is 22.6. The summed E-state index contributed by atoms with van der Waals surface area (Å²) in [5.41, 5.74) is 2.20. The van der Waals surface area contributed by atoms with Crippen molar-refractivity contribution in [2.45, 2.75) is 50.2 Å². The highest BCUT2D eigenvalue weighted by Gasteiger charge is 2.28. The van der Waals surface area contributed by atoms with E-state index in [0.29, 0.717) is 27.8 Å². The van der Waals surface area contributed by atoms with Gasteiger partial charge in [-0.05, 0) is 58.1 Å². The summed E-state index contributed by atoms with van der Waals surface area (Å²) >= 11 is 0. The second-order valence-corrected chi connectivity index (χ2v) is 16.8. The van der Waals surface area contributed by atoms with Gasteiger partial charge in [0.2, 0.25) is 11.6 Å². The van der Waals surface area contributed by atoms with E-state index >= 15 is 0 Å². The van der Waals surface area contributed by atoms with Crippen LogP contribution in [0.4, 0.5) is 5.82 Å². The van der Waals surface area contributed by atoms with Crippen molar-refractivity contribution in [3.63, 3.8) is 0 Å². The van der Waals surface area contributed by atoms with E-state index < -0.39 is 37.6 Å². The van der Waals surface area contributed by atoms with Crippen LogP contribution in [-0.2, 0) is 70.2 Å². The summed E-state index contributed by atoms with van der Waals surface area (Å²) in [6, 6.07) is 26.9. The third kappa shape index (κ3) is 14.0. The number of nitrogens with one attached hydrogen (secondary N) is 1. The monoisotopic (exact) mass is 953 g/mol. The molecule has 0 amide bonds. The van der Waals surface area contributed by atoms with E-state index in [2.05, 4.69) is 34.3 Å². The third-order valence-corrected chi connectivity index (χ3v) is 11.0. The molecule has 354 valence electrons. The smallest absolute Gasteiger partial charge is 0.310 e. The van der Waals surface area contributed by atoms with Gasteiger partial charge in [0.25, 0.3) is 26.1 Å². The van der Waals surface area contributed by atoms with Crippen LogP contribution in [0.3, 0.4) is 0 Å². The van der Waals surface area contributed by atoms with Crippen LogP contribution < -0.4 is 18.9 Å². The predicted octanol–water partition coefficient (Wildman–Crippen LogP) is 6.18. The van der Waals surface area contributed by atoms with Gasteiger partial charge >= 0.3 is 11.9 Å². The zero-order valence-corrected chi connectivity index (χ0v) is 37.5. The summed E-state index contributed by atoms with van der Waals surface area (Å²) in [5, 5.41) is 19.2. The van der Waals surface area contributed by atoms with Gasteiger partial charge in [-0.25, -0.2) is 23.4 Å². The van der Waals surface area contributed by atoms with Crippen LogP contribution in [-0.4, -0.2) is 77.4 Å². The average molecular weight is 954 g/mol. The maximum atomic E-state index is 14.2. The molecule has 23 heteroatoms. The van der Waals surface area contributed by atoms with Gasteiger partial charge in [-0.2, -0.15) is 4.98 Å². The Kier molecular flexibility index (Phi) is 16.3. The molecular formula is C45H43N7O15S. The second-order valence-electron chi connectivity index (χ2n) is 15.1. The van der Waals surface area contributed by atoms with Crippen molar-refractivity contribution < 1.29 is 61.5 Å². The minimum absolute atomic E-state index is 0.00881. The van der Waals surface area contributed by atoms with Gasteiger partial charge in [0.05, 0.1) is 24.8 Å². The van der Waals surface area contributed by atoms with E-state index in [1.807, 2.05) is 13.8 Å². The quantitative estimate of drug-likeness (QED) is 0.0307. The lowest BCUT2D eigenvalue weighted by atomic mass is 9.86. The first kappa shape index (κ1) is 49.0. The van der Waals surface area contributed by atoms with Crippen LogP contribution >= 0.6 is 0 Å². The zero-order valence-electron chi connectivity index (χ0n) is 36.6. The maximum Gasteiger partial charge on any atom is 0.310 e. The third-order valence-electron chi connectivity index (χ3n) is 9.65. The van der Waals surface area contributed by atoms with Crippen molar-refractivity contribution in [3.8, 4) is 34.8 Å². The highest BCUT2D eigenvalue weighted by molar-refractivity contribution is 7.92. The Balaban J connectivity index is 1.19. The minimum atomic E-state index is -4.45. The molecule has 1 N–H and O–H groups in total. The van der Waals surface area contributed by atoms with Gasteiger partial charge in [-0.15, -0.1) is 20.2 Å². The van der Waals surface area contributed by atoms with E-state index in [9.17, 15) is 38.2 Å². The number of carbonyl (C=O) groups is 2. The van der Waals surface area contributed by atoms with Crippen molar-refractivity contribution in [2.24, 2.45) is 0 Å². The minimum Gasteiger partial charge on any atom is -0.493 e. The van der Waals surface area contributed by atoms with Crippen LogP contribution in [0.5, 0.6) is 23.1 Å². The molecule has 0 unspecified atom stereocenters. The molecule has 0 fully saturated rings. The number of hydrogen-bond donors (Lipinski definition) is 1. The molecule has 0 saturated heterocycles. The van der Waals surface area contributed by atoms with E-state index in [1.54, 1.807) is 91.0 Å². The summed E-state index contributed by atoms with van der Waals surface area (Å²) in [5.74, 6) is -1.79. The number of ether oxygens (including phenoxy) is 5. The lowest BCUT2D eigenvalue weighted by Gasteiger charge is -2.25. The number of carbonyl (C=O) groups excluding carboxylic acids is 2. The number of esters is 2. The number of para-hydroxylation sites is 2. The number of anilines is 1. The van der Waals surface area contributed by atoms with Crippen LogP contribution in [0, 0.1) is 20.2 Å². The standard InChI is InChI=1S/C45H43N7O15S/c1-45(2,29-64-39(54)26-31-11-15-33(16-12-31)28-66-52(57)58)34-17-19-35(20-18-34)68(59,60)50-41-40(67-37-8-5-4-7-36(37)61-3)44(49-43(48-41)42-46-21-6-22-47-42)63-24-23-62-38(53)25-30-9-13-32(14-10-30)27-65-51(55)56/h4-22H,23-29H2,1-3H3,(H,48,49,50). The van der Waals surface area contributed by atoms with Crippen molar-refractivity contribution in [1.29, 1.82) is 0 Å². The molecule has 22 nitrogen and oxygen atoms in total.